The topological polar surface area (TPSA) is 52.0 Å². The van der Waals surface area contributed by atoms with Crippen LogP contribution in [0.15, 0.2) is 34.9 Å². The Morgan fingerprint density at radius 2 is 2.24 bits per heavy atom. The van der Waals surface area contributed by atoms with Gasteiger partial charge in [-0.15, -0.1) is 0 Å². The van der Waals surface area contributed by atoms with E-state index in [0.717, 1.165) is 24.4 Å². The first-order chi connectivity index (χ1) is 8.13. The second-order valence-electron chi connectivity index (χ2n) is 4.58. The second kappa shape index (κ2) is 5.15. The highest BCUT2D eigenvalue weighted by atomic mass is 16.3. The third-order valence-electron chi connectivity index (χ3n) is 2.57. The molecule has 1 aromatic carbocycles. The molecule has 1 aromatic heterocycles. The monoisotopic (exact) mass is 230 g/mol. The van der Waals surface area contributed by atoms with Gasteiger partial charge in [0.15, 0.2) is 5.89 Å². The molecule has 1 atom stereocenters. The van der Waals surface area contributed by atoms with Crippen molar-refractivity contribution >= 4 is 0 Å². The van der Waals surface area contributed by atoms with Crippen molar-refractivity contribution in [2.45, 2.75) is 32.7 Å². The van der Waals surface area contributed by atoms with Crippen LogP contribution in [0.4, 0.5) is 0 Å². The van der Waals surface area contributed by atoms with E-state index in [-0.39, 0.29) is 6.04 Å². The van der Waals surface area contributed by atoms with Crippen LogP contribution in [0, 0.1) is 6.92 Å². The van der Waals surface area contributed by atoms with Crippen LogP contribution in [-0.2, 0) is 12.8 Å². The van der Waals surface area contributed by atoms with Crippen LogP contribution in [0.25, 0.3) is 0 Å². The Kier molecular flexibility index (Phi) is 3.59. The first kappa shape index (κ1) is 11.9. The summed E-state index contributed by atoms with van der Waals surface area (Å²) >= 11 is 0. The quantitative estimate of drug-likeness (QED) is 0.877. The van der Waals surface area contributed by atoms with Crippen molar-refractivity contribution in [3.05, 3.63) is 53.2 Å². The van der Waals surface area contributed by atoms with Crippen LogP contribution in [0.1, 0.15) is 29.6 Å². The number of hydrogen-bond acceptors (Lipinski definition) is 3. The minimum absolute atomic E-state index is 0.118. The molecule has 3 nitrogen and oxygen atoms in total. The number of aromatic nitrogens is 1. The molecule has 0 aliphatic heterocycles. The van der Waals surface area contributed by atoms with Gasteiger partial charge >= 0.3 is 0 Å². The van der Waals surface area contributed by atoms with Crippen LogP contribution in [0.5, 0.6) is 0 Å². The highest BCUT2D eigenvalue weighted by molar-refractivity contribution is 5.24. The lowest BCUT2D eigenvalue weighted by atomic mass is 10.1. The van der Waals surface area contributed by atoms with Gasteiger partial charge < -0.3 is 10.2 Å². The van der Waals surface area contributed by atoms with Gasteiger partial charge in [-0.3, -0.25) is 0 Å². The van der Waals surface area contributed by atoms with E-state index in [1.165, 1.54) is 11.1 Å². The summed E-state index contributed by atoms with van der Waals surface area (Å²) in [5.74, 6) is 0.756. The van der Waals surface area contributed by atoms with E-state index < -0.39 is 0 Å². The largest absolute Gasteiger partial charge is 0.448 e. The maximum atomic E-state index is 5.72. The lowest BCUT2D eigenvalue weighted by molar-refractivity contribution is 0.506. The van der Waals surface area contributed by atoms with E-state index in [1.54, 1.807) is 6.26 Å². The van der Waals surface area contributed by atoms with Gasteiger partial charge in [0.05, 0.1) is 5.69 Å². The number of nitrogens with two attached hydrogens (primary N) is 1. The Balaban J connectivity index is 2.06. The normalized spacial score (nSPS) is 12.6. The lowest BCUT2D eigenvalue weighted by Gasteiger charge is -1.99. The van der Waals surface area contributed by atoms with Crippen LogP contribution in [0.2, 0.25) is 0 Å². The third-order valence-corrected chi connectivity index (χ3v) is 2.57. The van der Waals surface area contributed by atoms with Gasteiger partial charge in [-0.1, -0.05) is 29.8 Å². The third kappa shape index (κ3) is 3.43. The van der Waals surface area contributed by atoms with Crippen LogP contribution < -0.4 is 5.73 Å². The number of nitrogens with zero attached hydrogens (tertiary/aromatic N) is 1. The molecule has 0 fully saturated rings. The Morgan fingerprint density at radius 1 is 1.41 bits per heavy atom. The zero-order chi connectivity index (χ0) is 12.3. The molecule has 0 saturated heterocycles. The summed E-state index contributed by atoms with van der Waals surface area (Å²) in [6, 6.07) is 8.49. The van der Waals surface area contributed by atoms with Gasteiger partial charge in [-0.2, -0.15) is 0 Å². The van der Waals surface area contributed by atoms with Crippen molar-refractivity contribution < 1.29 is 4.42 Å². The summed E-state index contributed by atoms with van der Waals surface area (Å²) in [4.78, 5) is 4.43. The molecule has 3 heteroatoms. The van der Waals surface area contributed by atoms with Crippen molar-refractivity contribution in [1.29, 1.82) is 0 Å². The highest BCUT2D eigenvalue weighted by Crippen LogP contribution is 2.11. The summed E-state index contributed by atoms with van der Waals surface area (Å²) in [7, 11) is 0. The summed E-state index contributed by atoms with van der Waals surface area (Å²) in [6.07, 6.45) is 3.20. The summed E-state index contributed by atoms with van der Waals surface area (Å²) < 4.78 is 5.44. The SMILES string of the molecule is Cc1cccc(Cc2nc(CC(C)N)co2)c1. The van der Waals surface area contributed by atoms with Crippen molar-refractivity contribution in [3.8, 4) is 0 Å². The zero-order valence-electron chi connectivity index (χ0n) is 10.3. The molecule has 17 heavy (non-hydrogen) atoms. The predicted octanol–water partition coefficient (Wildman–Crippen LogP) is 2.46. The molecule has 0 aliphatic carbocycles. The number of hydrogen-bond donors (Lipinski definition) is 1. The van der Waals surface area contributed by atoms with Crippen molar-refractivity contribution in [2.24, 2.45) is 5.73 Å². The molecular weight excluding hydrogens is 212 g/mol. The molecule has 0 saturated carbocycles. The Bertz CT molecular complexity index is 488. The summed E-state index contributed by atoms with van der Waals surface area (Å²) in [5.41, 5.74) is 9.13. The molecule has 0 bridgehead atoms. The fourth-order valence-corrected chi connectivity index (χ4v) is 1.85. The number of rotatable bonds is 4. The first-order valence-electron chi connectivity index (χ1n) is 5.88. The molecular formula is C14H18N2O. The van der Waals surface area contributed by atoms with Crippen molar-refractivity contribution in [3.63, 3.8) is 0 Å². The molecule has 2 aromatic rings. The number of benzene rings is 1. The molecule has 0 amide bonds. The van der Waals surface area contributed by atoms with E-state index in [1.807, 2.05) is 6.92 Å². The van der Waals surface area contributed by atoms with E-state index in [4.69, 9.17) is 10.2 Å². The van der Waals surface area contributed by atoms with Crippen molar-refractivity contribution in [2.75, 3.05) is 0 Å². The van der Waals surface area contributed by atoms with E-state index in [2.05, 4.69) is 36.2 Å². The van der Waals surface area contributed by atoms with Crippen LogP contribution in [-0.4, -0.2) is 11.0 Å². The Hall–Kier alpha value is -1.61. The van der Waals surface area contributed by atoms with Gasteiger partial charge in [0.2, 0.25) is 0 Å². The smallest absolute Gasteiger partial charge is 0.198 e. The fraction of sp³-hybridized carbons (Fsp3) is 0.357. The van der Waals surface area contributed by atoms with Gasteiger partial charge in [-0.05, 0) is 19.4 Å². The molecule has 0 spiro atoms. The maximum Gasteiger partial charge on any atom is 0.198 e. The van der Waals surface area contributed by atoms with Gasteiger partial charge in [-0.25, -0.2) is 4.98 Å². The molecule has 2 rings (SSSR count). The molecule has 0 radical (unpaired) electrons. The van der Waals surface area contributed by atoms with E-state index >= 15 is 0 Å². The first-order valence-corrected chi connectivity index (χ1v) is 5.88. The molecule has 1 unspecified atom stereocenters. The lowest BCUT2D eigenvalue weighted by Crippen LogP contribution is -2.17. The van der Waals surface area contributed by atoms with E-state index in [0.29, 0.717) is 0 Å². The highest BCUT2D eigenvalue weighted by Gasteiger charge is 2.06. The van der Waals surface area contributed by atoms with Gasteiger partial charge in [0, 0.05) is 18.9 Å². The van der Waals surface area contributed by atoms with Crippen LogP contribution in [0.3, 0.4) is 0 Å². The minimum atomic E-state index is 0.118. The van der Waals surface area contributed by atoms with Crippen LogP contribution >= 0.6 is 0 Å². The van der Waals surface area contributed by atoms with E-state index in [9.17, 15) is 0 Å². The Labute approximate surface area is 102 Å². The van der Waals surface area contributed by atoms with Gasteiger partial charge in [0.25, 0.3) is 0 Å². The second-order valence-corrected chi connectivity index (χ2v) is 4.58. The zero-order valence-corrected chi connectivity index (χ0v) is 10.3. The number of aryl methyl sites for hydroxylation is 1. The van der Waals surface area contributed by atoms with Crippen molar-refractivity contribution in [1.82, 2.24) is 4.98 Å². The maximum absolute atomic E-state index is 5.72. The summed E-state index contributed by atoms with van der Waals surface area (Å²) in [6.45, 7) is 4.05. The molecule has 1 heterocycles. The van der Waals surface area contributed by atoms with Gasteiger partial charge in [0.1, 0.15) is 6.26 Å². The average Bonchev–Trinajstić information content (AvgIpc) is 2.64. The summed E-state index contributed by atoms with van der Waals surface area (Å²) in [5, 5.41) is 0. The average molecular weight is 230 g/mol. The molecule has 0 aliphatic rings. The minimum Gasteiger partial charge on any atom is -0.448 e. The molecule has 90 valence electrons. The predicted molar refractivity (Wildman–Crippen MR) is 67.8 cm³/mol. The number of oxazole rings is 1. The molecule has 2 N–H and O–H groups in total. The Morgan fingerprint density at radius 3 is 2.94 bits per heavy atom. The standard InChI is InChI=1S/C14H18N2O/c1-10-4-3-5-12(6-10)8-14-16-13(9-17-14)7-11(2)15/h3-6,9,11H,7-8,15H2,1-2H3. The fourth-order valence-electron chi connectivity index (χ4n) is 1.85.